The molecule has 3 heterocycles. The second kappa shape index (κ2) is 4.97. The lowest BCUT2D eigenvalue weighted by Gasteiger charge is -2.30. The molecule has 2 aromatic heterocycles. The van der Waals surface area contributed by atoms with E-state index < -0.39 is 0 Å². The van der Waals surface area contributed by atoms with Gasteiger partial charge in [0.05, 0.1) is 18.4 Å². The fourth-order valence-corrected chi connectivity index (χ4v) is 3.43. The lowest BCUT2D eigenvalue weighted by molar-refractivity contribution is 0.0432. The van der Waals surface area contributed by atoms with Crippen molar-refractivity contribution in [2.45, 2.75) is 31.7 Å². The summed E-state index contributed by atoms with van der Waals surface area (Å²) in [6.07, 6.45) is 8.17. The predicted molar refractivity (Wildman–Crippen MR) is 75.6 cm³/mol. The van der Waals surface area contributed by atoms with E-state index in [1.54, 1.807) is 12.4 Å². The topological polar surface area (TPSA) is 52.8 Å². The summed E-state index contributed by atoms with van der Waals surface area (Å²) in [4.78, 5) is 8.74. The molecule has 20 heavy (non-hydrogen) atoms. The maximum Gasteiger partial charge on any atom is 0.178 e. The van der Waals surface area contributed by atoms with E-state index in [2.05, 4.69) is 19.7 Å². The van der Waals surface area contributed by atoms with E-state index in [0.717, 1.165) is 43.1 Å². The maximum absolute atomic E-state index is 6.00. The Labute approximate surface area is 122 Å². The van der Waals surface area contributed by atoms with Crippen LogP contribution < -0.4 is 0 Å². The second-order valence-corrected chi connectivity index (χ2v) is 6.16. The molecule has 6 heteroatoms. The van der Waals surface area contributed by atoms with Crippen molar-refractivity contribution in [3.8, 4) is 0 Å². The van der Waals surface area contributed by atoms with E-state index in [0.29, 0.717) is 17.1 Å². The van der Waals surface area contributed by atoms with Crippen LogP contribution in [0.1, 0.15) is 31.7 Å². The van der Waals surface area contributed by atoms with Gasteiger partial charge in [-0.05, 0) is 37.5 Å². The van der Waals surface area contributed by atoms with Crippen LogP contribution in [0.5, 0.6) is 0 Å². The minimum absolute atomic E-state index is 0.421. The van der Waals surface area contributed by atoms with Gasteiger partial charge in [-0.15, -0.1) is 0 Å². The Morgan fingerprint density at radius 2 is 1.90 bits per heavy atom. The van der Waals surface area contributed by atoms with Crippen LogP contribution >= 0.6 is 11.6 Å². The van der Waals surface area contributed by atoms with Crippen LogP contribution in [0.3, 0.4) is 0 Å². The van der Waals surface area contributed by atoms with Gasteiger partial charge in [-0.1, -0.05) is 11.6 Å². The van der Waals surface area contributed by atoms with E-state index in [-0.39, 0.29) is 0 Å². The van der Waals surface area contributed by atoms with Crippen molar-refractivity contribution >= 4 is 22.8 Å². The van der Waals surface area contributed by atoms with Gasteiger partial charge in [-0.25, -0.2) is 14.6 Å². The average Bonchev–Trinajstić information content (AvgIpc) is 3.22. The van der Waals surface area contributed by atoms with Gasteiger partial charge in [0.25, 0.3) is 0 Å². The molecular formula is C14H17ClN4O. The number of hydrogen-bond donors (Lipinski definition) is 0. The second-order valence-electron chi connectivity index (χ2n) is 5.77. The number of aromatic nitrogens is 4. The molecule has 5 nitrogen and oxygen atoms in total. The van der Waals surface area contributed by atoms with E-state index in [9.17, 15) is 0 Å². The third-order valence-electron chi connectivity index (χ3n) is 4.41. The number of ether oxygens (including phenoxy) is 1. The quantitative estimate of drug-likeness (QED) is 0.873. The van der Waals surface area contributed by atoms with Crippen LogP contribution in [0.2, 0.25) is 5.15 Å². The van der Waals surface area contributed by atoms with Gasteiger partial charge >= 0.3 is 0 Å². The number of fused-ring (bicyclic) bond motifs is 1. The molecule has 0 aromatic carbocycles. The van der Waals surface area contributed by atoms with Crippen LogP contribution in [0.4, 0.5) is 0 Å². The van der Waals surface area contributed by atoms with Gasteiger partial charge < -0.3 is 4.74 Å². The zero-order valence-electron chi connectivity index (χ0n) is 11.2. The summed E-state index contributed by atoms with van der Waals surface area (Å²) < 4.78 is 7.57. The Morgan fingerprint density at radius 1 is 1.15 bits per heavy atom. The van der Waals surface area contributed by atoms with Crippen molar-refractivity contribution in [1.29, 1.82) is 0 Å². The van der Waals surface area contributed by atoms with E-state index in [1.165, 1.54) is 12.8 Å². The number of hydrogen-bond acceptors (Lipinski definition) is 4. The summed E-state index contributed by atoms with van der Waals surface area (Å²) in [6.45, 7) is 1.72. The van der Waals surface area contributed by atoms with Gasteiger partial charge in [0.15, 0.2) is 5.65 Å². The molecule has 0 radical (unpaired) electrons. The molecule has 106 valence electrons. The molecule has 2 fully saturated rings. The van der Waals surface area contributed by atoms with Crippen molar-refractivity contribution < 1.29 is 4.74 Å². The Balaban J connectivity index is 1.75. The monoisotopic (exact) mass is 292 g/mol. The molecule has 1 unspecified atom stereocenters. The SMILES string of the molecule is Clc1cnc2cnn(C(C3CCOCC3)C3CC3)c2n1. The fraction of sp³-hybridized carbons (Fsp3) is 0.643. The highest BCUT2D eigenvalue weighted by molar-refractivity contribution is 6.29. The Morgan fingerprint density at radius 3 is 2.65 bits per heavy atom. The molecule has 1 saturated carbocycles. The summed E-state index contributed by atoms with van der Waals surface area (Å²) in [5, 5.41) is 5.00. The Hall–Kier alpha value is -1.20. The molecule has 2 aromatic rings. The standard InChI is InChI=1S/C14H17ClN4O/c15-12-8-16-11-7-17-19(14(11)18-12)13(9-1-2-9)10-3-5-20-6-4-10/h7-10,13H,1-6H2. The van der Waals surface area contributed by atoms with Gasteiger partial charge in [0.2, 0.25) is 0 Å². The van der Waals surface area contributed by atoms with Crippen LogP contribution in [0, 0.1) is 11.8 Å². The van der Waals surface area contributed by atoms with E-state index in [1.807, 2.05) is 0 Å². The van der Waals surface area contributed by atoms with Crippen molar-refractivity contribution in [3.63, 3.8) is 0 Å². The Bertz CT molecular complexity index is 619. The van der Waals surface area contributed by atoms with Crippen molar-refractivity contribution in [2.75, 3.05) is 13.2 Å². The first kappa shape index (κ1) is 12.5. The van der Waals surface area contributed by atoms with E-state index in [4.69, 9.17) is 16.3 Å². The van der Waals surface area contributed by atoms with Crippen LogP contribution in [0.25, 0.3) is 11.2 Å². The van der Waals surface area contributed by atoms with Gasteiger partial charge in [-0.2, -0.15) is 5.10 Å². The van der Waals surface area contributed by atoms with Gasteiger partial charge in [-0.3, -0.25) is 0 Å². The predicted octanol–water partition coefficient (Wildman–Crippen LogP) is 2.86. The summed E-state index contributed by atoms with van der Waals surface area (Å²) in [6, 6.07) is 0.421. The van der Waals surface area contributed by atoms with Gasteiger partial charge in [0.1, 0.15) is 10.7 Å². The highest BCUT2D eigenvalue weighted by atomic mass is 35.5. The van der Waals surface area contributed by atoms with Crippen molar-refractivity contribution in [3.05, 3.63) is 17.5 Å². The molecule has 2 aliphatic rings. The minimum atomic E-state index is 0.421. The number of nitrogens with zero attached hydrogens (tertiary/aromatic N) is 4. The maximum atomic E-state index is 6.00. The molecule has 0 N–H and O–H groups in total. The fourth-order valence-electron chi connectivity index (χ4n) is 3.30. The zero-order valence-corrected chi connectivity index (χ0v) is 12.0. The minimum Gasteiger partial charge on any atom is -0.381 e. The molecule has 1 saturated heterocycles. The van der Waals surface area contributed by atoms with Crippen molar-refractivity contribution in [2.24, 2.45) is 11.8 Å². The summed E-state index contributed by atoms with van der Waals surface area (Å²) in [7, 11) is 0. The zero-order chi connectivity index (χ0) is 13.5. The Kier molecular flexibility index (Phi) is 3.11. The third kappa shape index (κ3) is 2.19. The molecule has 1 aliphatic carbocycles. The molecule has 1 aliphatic heterocycles. The average molecular weight is 293 g/mol. The molecule has 0 bridgehead atoms. The van der Waals surface area contributed by atoms with Crippen LogP contribution in [0.15, 0.2) is 12.4 Å². The third-order valence-corrected chi connectivity index (χ3v) is 4.59. The molecular weight excluding hydrogens is 276 g/mol. The van der Waals surface area contributed by atoms with Crippen LogP contribution in [-0.4, -0.2) is 33.0 Å². The van der Waals surface area contributed by atoms with Crippen LogP contribution in [-0.2, 0) is 4.74 Å². The summed E-state index contributed by atoms with van der Waals surface area (Å²) in [5.74, 6) is 1.35. The molecule has 0 amide bonds. The van der Waals surface area contributed by atoms with Gasteiger partial charge in [0, 0.05) is 13.2 Å². The summed E-state index contributed by atoms with van der Waals surface area (Å²) >= 11 is 6.00. The molecule has 0 spiro atoms. The first-order chi connectivity index (χ1) is 9.83. The number of rotatable bonds is 3. The smallest absolute Gasteiger partial charge is 0.178 e. The molecule has 4 rings (SSSR count). The largest absolute Gasteiger partial charge is 0.381 e. The first-order valence-corrected chi connectivity index (χ1v) is 7.64. The lowest BCUT2D eigenvalue weighted by Crippen LogP contribution is -2.28. The van der Waals surface area contributed by atoms with Crippen molar-refractivity contribution in [1.82, 2.24) is 19.7 Å². The molecule has 1 atom stereocenters. The number of halogens is 1. The normalized spacial score (nSPS) is 22.2. The highest BCUT2D eigenvalue weighted by Gasteiger charge is 2.39. The highest BCUT2D eigenvalue weighted by Crippen LogP contribution is 2.46. The first-order valence-electron chi connectivity index (χ1n) is 7.26. The summed E-state index contributed by atoms with van der Waals surface area (Å²) in [5.41, 5.74) is 1.65. The lowest BCUT2D eigenvalue weighted by atomic mass is 9.89. The van der Waals surface area contributed by atoms with E-state index >= 15 is 0 Å².